The summed E-state index contributed by atoms with van der Waals surface area (Å²) < 4.78 is 12.0. The molecule has 0 unspecified atom stereocenters. The lowest BCUT2D eigenvalue weighted by Gasteiger charge is -2.15. The van der Waals surface area contributed by atoms with Crippen molar-refractivity contribution in [3.63, 3.8) is 0 Å². The van der Waals surface area contributed by atoms with Gasteiger partial charge in [0.25, 0.3) is 0 Å². The van der Waals surface area contributed by atoms with Crippen LogP contribution in [0.2, 0.25) is 0 Å². The average molecular weight is 454 g/mol. The highest BCUT2D eigenvalue weighted by Gasteiger charge is 2.19. The van der Waals surface area contributed by atoms with Crippen LogP contribution in [0.3, 0.4) is 0 Å². The average Bonchev–Trinajstić information content (AvgIpc) is 3.26. The molecule has 0 radical (unpaired) electrons. The molecule has 1 aromatic heterocycles. The van der Waals surface area contributed by atoms with Gasteiger partial charge in [0.2, 0.25) is 5.91 Å². The minimum absolute atomic E-state index is 0.162. The fourth-order valence-electron chi connectivity index (χ4n) is 4.29. The summed E-state index contributed by atoms with van der Waals surface area (Å²) in [5, 5.41) is 4.03. The zero-order chi connectivity index (χ0) is 24.2. The van der Waals surface area contributed by atoms with Crippen molar-refractivity contribution in [1.29, 1.82) is 0 Å². The lowest BCUT2D eigenvalue weighted by Crippen LogP contribution is -2.10. The van der Waals surface area contributed by atoms with Crippen molar-refractivity contribution >= 4 is 28.1 Å². The molecule has 3 aromatic carbocycles. The Morgan fingerprint density at radius 2 is 1.79 bits per heavy atom. The highest BCUT2D eigenvalue weighted by Crippen LogP contribution is 2.40. The molecule has 174 valence electrons. The van der Waals surface area contributed by atoms with Crippen molar-refractivity contribution < 1.29 is 13.9 Å². The van der Waals surface area contributed by atoms with E-state index in [1.165, 1.54) is 5.56 Å². The van der Waals surface area contributed by atoms with Gasteiger partial charge in [0, 0.05) is 33.8 Å². The van der Waals surface area contributed by atoms with E-state index < -0.39 is 0 Å². The molecule has 0 saturated heterocycles. The van der Waals surface area contributed by atoms with Crippen molar-refractivity contribution in [2.75, 3.05) is 11.9 Å². The van der Waals surface area contributed by atoms with Crippen LogP contribution in [0.25, 0.3) is 27.7 Å². The van der Waals surface area contributed by atoms with Gasteiger partial charge in [-0.25, -0.2) is 0 Å². The minimum Gasteiger partial charge on any atom is -0.493 e. The van der Waals surface area contributed by atoms with E-state index in [1.54, 1.807) is 12.3 Å². The molecule has 0 aliphatic carbocycles. The molecule has 0 spiro atoms. The van der Waals surface area contributed by atoms with E-state index in [2.05, 4.69) is 49.5 Å². The Balaban J connectivity index is 1.77. The van der Waals surface area contributed by atoms with Gasteiger partial charge >= 0.3 is 0 Å². The number of carbonyl (C=O) groups excluding carboxylic acids is 1. The number of amides is 1. The summed E-state index contributed by atoms with van der Waals surface area (Å²) in [6.45, 7) is 10.6. The van der Waals surface area contributed by atoms with Crippen LogP contribution in [-0.2, 0) is 11.2 Å². The van der Waals surface area contributed by atoms with E-state index in [0.717, 1.165) is 62.2 Å². The molecule has 1 heterocycles. The molecule has 4 nitrogen and oxygen atoms in total. The number of anilines is 1. The van der Waals surface area contributed by atoms with Gasteiger partial charge in [0.05, 0.1) is 12.9 Å². The van der Waals surface area contributed by atoms with Crippen molar-refractivity contribution in [2.24, 2.45) is 0 Å². The van der Waals surface area contributed by atoms with Gasteiger partial charge in [0.15, 0.2) is 0 Å². The van der Waals surface area contributed by atoms with Crippen LogP contribution >= 0.6 is 0 Å². The van der Waals surface area contributed by atoms with Crippen LogP contribution in [0.5, 0.6) is 5.75 Å². The summed E-state index contributed by atoms with van der Waals surface area (Å²) >= 11 is 0. The second-order valence-corrected chi connectivity index (χ2v) is 8.53. The van der Waals surface area contributed by atoms with Crippen molar-refractivity contribution in [3.05, 3.63) is 89.2 Å². The van der Waals surface area contributed by atoms with Gasteiger partial charge in [-0.3, -0.25) is 4.79 Å². The first-order valence-electron chi connectivity index (χ1n) is 11.7. The Bertz CT molecular complexity index is 1360. The Morgan fingerprint density at radius 3 is 2.50 bits per heavy atom. The summed E-state index contributed by atoms with van der Waals surface area (Å²) in [6.07, 6.45) is 4.29. The van der Waals surface area contributed by atoms with E-state index in [4.69, 9.17) is 9.15 Å². The lowest BCUT2D eigenvalue weighted by atomic mass is 9.96. The summed E-state index contributed by atoms with van der Waals surface area (Å²) in [5.74, 6) is 0.583. The largest absolute Gasteiger partial charge is 0.493 e. The maximum absolute atomic E-state index is 12.9. The number of furan rings is 1. The standard InChI is InChI=1S/C30H31NO3/c1-6-22-10-8-9-11-27(22)31-28(32)16-20(4)24-17-25-26(23-14-12-19(3)13-15-23)18-34-30(25)21(5)29(24)33-7-2/h8-18H,6-7H2,1-5H3,(H,31,32)/b20-16+. The van der Waals surface area contributed by atoms with Gasteiger partial charge in [-0.05, 0) is 62.9 Å². The van der Waals surface area contributed by atoms with Crippen molar-refractivity contribution in [1.82, 2.24) is 0 Å². The zero-order valence-corrected chi connectivity index (χ0v) is 20.5. The summed E-state index contributed by atoms with van der Waals surface area (Å²) in [4.78, 5) is 12.9. The predicted molar refractivity (Wildman–Crippen MR) is 140 cm³/mol. The van der Waals surface area contributed by atoms with Crippen LogP contribution in [-0.4, -0.2) is 12.5 Å². The minimum atomic E-state index is -0.162. The summed E-state index contributed by atoms with van der Waals surface area (Å²) in [5.41, 5.74) is 8.72. The SMILES string of the molecule is CCOc1c(/C(C)=C/C(=O)Nc2ccccc2CC)cc2c(-c3ccc(C)cc3)coc2c1C. The molecule has 0 atom stereocenters. The smallest absolute Gasteiger partial charge is 0.248 e. The van der Waals surface area contributed by atoms with Crippen LogP contribution in [0, 0.1) is 13.8 Å². The molecule has 4 aromatic rings. The zero-order valence-electron chi connectivity index (χ0n) is 20.5. The first-order chi connectivity index (χ1) is 16.4. The first kappa shape index (κ1) is 23.4. The predicted octanol–water partition coefficient (Wildman–Crippen LogP) is 7.72. The number of ether oxygens (including phenoxy) is 1. The number of hydrogen-bond acceptors (Lipinski definition) is 3. The normalized spacial score (nSPS) is 11.6. The number of hydrogen-bond donors (Lipinski definition) is 1. The molecular weight excluding hydrogens is 422 g/mol. The van der Waals surface area contributed by atoms with E-state index >= 15 is 0 Å². The molecule has 0 saturated carbocycles. The third-order valence-corrected chi connectivity index (χ3v) is 6.12. The van der Waals surface area contributed by atoms with Crippen molar-refractivity contribution in [2.45, 2.75) is 41.0 Å². The van der Waals surface area contributed by atoms with Crippen molar-refractivity contribution in [3.8, 4) is 16.9 Å². The molecule has 1 amide bonds. The lowest BCUT2D eigenvalue weighted by molar-refractivity contribution is -0.111. The number of allylic oxidation sites excluding steroid dienone is 1. The number of nitrogens with one attached hydrogen (secondary N) is 1. The van der Waals surface area contributed by atoms with E-state index in [9.17, 15) is 4.79 Å². The van der Waals surface area contributed by atoms with Crippen LogP contribution in [0.1, 0.15) is 43.0 Å². The molecule has 4 rings (SSSR count). The fraction of sp³-hybridized carbons (Fsp3) is 0.233. The number of benzene rings is 3. The van der Waals surface area contributed by atoms with Gasteiger partial charge in [-0.15, -0.1) is 0 Å². The topological polar surface area (TPSA) is 51.5 Å². The van der Waals surface area contributed by atoms with Crippen LogP contribution in [0.4, 0.5) is 5.69 Å². The Labute approximate surface area is 201 Å². The highest BCUT2D eigenvalue weighted by atomic mass is 16.5. The second-order valence-electron chi connectivity index (χ2n) is 8.53. The number of aryl methyl sites for hydroxylation is 3. The third kappa shape index (κ3) is 4.62. The Hall–Kier alpha value is -3.79. The van der Waals surface area contributed by atoms with Crippen LogP contribution in [0.15, 0.2) is 71.4 Å². The number of carbonyl (C=O) groups is 1. The van der Waals surface area contributed by atoms with Gasteiger partial charge in [-0.2, -0.15) is 0 Å². The first-order valence-corrected chi connectivity index (χ1v) is 11.7. The number of rotatable bonds is 7. The monoisotopic (exact) mass is 453 g/mol. The number of para-hydroxylation sites is 1. The van der Waals surface area contributed by atoms with E-state index in [-0.39, 0.29) is 5.91 Å². The molecule has 34 heavy (non-hydrogen) atoms. The summed E-state index contributed by atoms with van der Waals surface area (Å²) in [7, 11) is 0. The van der Waals surface area contributed by atoms with Gasteiger partial charge < -0.3 is 14.5 Å². The molecule has 4 heteroatoms. The maximum atomic E-state index is 12.9. The molecule has 0 aliphatic rings. The highest BCUT2D eigenvalue weighted by molar-refractivity contribution is 6.06. The maximum Gasteiger partial charge on any atom is 0.248 e. The molecular formula is C30H31NO3. The van der Waals surface area contributed by atoms with E-state index in [0.29, 0.717) is 6.61 Å². The van der Waals surface area contributed by atoms with Gasteiger partial charge in [0.1, 0.15) is 11.3 Å². The van der Waals surface area contributed by atoms with E-state index in [1.807, 2.05) is 45.0 Å². The quantitative estimate of drug-likeness (QED) is 0.291. The third-order valence-electron chi connectivity index (χ3n) is 6.12. The molecule has 0 fully saturated rings. The molecule has 0 bridgehead atoms. The summed E-state index contributed by atoms with van der Waals surface area (Å²) in [6, 6.07) is 18.4. The molecule has 1 N–H and O–H groups in total. The Kier molecular flexibility index (Phi) is 6.87. The molecule has 0 aliphatic heterocycles. The second kappa shape index (κ2) is 10.0. The fourth-order valence-corrected chi connectivity index (χ4v) is 4.29. The number of fused-ring (bicyclic) bond motifs is 1. The van der Waals surface area contributed by atoms with Crippen LogP contribution < -0.4 is 10.1 Å². The van der Waals surface area contributed by atoms with Gasteiger partial charge in [-0.1, -0.05) is 55.0 Å². The Morgan fingerprint density at radius 1 is 1.06 bits per heavy atom.